The van der Waals surface area contributed by atoms with Crippen molar-refractivity contribution in [3.63, 3.8) is 0 Å². The van der Waals surface area contributed by atoms with Gasteiger partial charge in [0.25, 0.3) is 0 Å². The molecule has 118 valence electrons. The summed E-state index contributed by atoms with van der Waals surface area (Å²) in [6, 6.07) is 6.72. The van der Waals surface area contributed by atoms with Gasteiger partial charge in [-0.2, -0.15) is 0 Å². The highest BCUT2D eigenvalue weighted by Gasteiger charge is 2.35. The first-order valence-corrected chi connectivity index (χ1v) is 7.43. The Bertz CT molecular complexity index is 461. The minimum atomic E-state index is -0.148. The number of phenols is 1. The smallest absolute Gasteiger partial charge is 0.309 e. The molecular weight excluding hydrogens is 264 g/mol. The molecule has 0 aliphatic carbocycles. The molecule has 0 heterocycles. The molecule has 1 N–H and O–H groups in total. The van der Waals surface area contributed by atoms with Crippen molar-refractivity contribution in [2.24, 2.45) is 16.7 Å². The molecule has 0 saturated carbocycles. The van der Waals surface area contributed by atoms with Gasteiger partial charge in [0.1, 0.15) is 12.4 Å². The highest BCUT2D eigenvalue weighted by Crippen LogP contribution is 2.36. The zero-order valence-corrected chi connectivity index (χ0v) is 14.1. The maximum Gasteiger partial charge on any atom is 0.309 e. The Hall–Kier alpha value is -1.51. The molecule has 0 saturated heterocycles. The van der Waals surface area contributed by atoms with Crippen molar-refractivity contribution < 1.29 is 14.6 Å². The average Bonchev–Trinajstić information content (AvgIpc) is 2.32. The lowest BCUT2D eigenvalue weighted by molar-refractivity contribution is -0.155. The van der Waals surface area contributed by atoms with Crippen molar-refractivity contribution in [2.75, 3.05) is 0 Å². The minimum absolute atomic E-state index is 0.0789. The monoisotopic (exact) mass is 292 g/mol. The number of phenolic OH excluding ortho intramolecular Hbond substituents is 1. The van der Waals surface area contributed by atoms with Gasteiger partial charge in [-0.05, 0) is 34.9 Å². The Morgan fingerprint density at radius 3 is 2.05 bits per heavy atom. The van der Waals surface area contributed by atoms with Gasteiger partial charge in [0.2, 0.25) is 0 Å². The van der Waals surface area contributed by atoms with E-state index in [4.69, 9.17) is 4.74 Å². The molecule has 0 aromatic heterocycles. The van der Waals surface area contributed by atoms with Gasteiger partial charge < -0.3 is 9.84 Å². The maximum absolute atomic E-state index is 12.4. The Morgan fingerprint density at radius 1 is 1.10 bits per heavy atom. The number of carbonyl (C=O) groups excluding carboxylic acids is 1. The van der Waals surface area contributed by atoms with Crippen molar-refractivity contribution in [2.45, 2.75) is 54.6 Å². The number of rotatable bonds is 4. The molecule has 1 aromatic rings. The molecular formula is C18H28O3. The van der Waals surface area contributed by atoms with Crippen LogP contribution in [0.3, 0.4) is 0 Å². The van der Waals surface area contributed by atoms with E-state index in [0.29, 0.717) is 0 Å². The number of hydrogen-bond acceptors (Lipinski definition) is 3. The van der Waals surface area contributed by atoms with Gasteiger partial charge in [0.05, 0.1) is 5.92 Å². The molecule has 0 radical (unpaired) electrons. The fraction of sp³-hybridized carbons (Fsp3) is 0.611. The van der Waals surface area contributed by atoms with Crippen LogP contribution in [0.2, 0.25) is 0 Å². The zero-order valence-electron chi connectivity index (χ0n) is 14.1. The van der Waals surface area contributed by atoms with E-state index in [9.17, 15) is 9.90 Å². The first-order valence-electron chi connectivity index (χ1n) is 7.43. The molecule has 1 rings (SSSR count). The lowest BCUT2D eigenvalue weighted by Crippen LogP contribution is -2.33. The van der Waals surface area contributed by atoms with E-state index in [1.165, 1.54) is 0 Å². The standard InChI is InChI=1S/C18H28O3/c1-17(2,3)11-15(18(4,5)6)16(20)21-12-13-7-9-14(19)10-8-13/h7-10,15,19H,11-12H2,1-6H3. The van der Waals surface area contributed by atoms with Crippen molar-refractivity contribution in [3.8, 4) is 5.75 Å². The second-order valence-corrected chi connectivity index (χ2v) is 7.96. The van der Waals surface area contributed by atoms with Crippen molar-refractivity contribution >= 4 is 5.97 Å². The van der Waals surface area contributed by atoms with Crippen LogP contribution >= 0.6 is 0 Å². The van der Waals surface area contributed by atoms with Crippen LogP contribution in [-0.4, -0.2) is 11.1 Å². The summed E-state index contributed by atoms with van der Waals surface area (Å²) in [7, 11) is 0. The van der Waals surface area contributed by atoms with E-state index in [2.05, 4.69) is 41.5 Å². The first kappa shape index (κ1) is 17.5. The van der Waals surface area contributed by atoms with Crippen LogP contribution in [0, 0.1) is 16.7 Å². The summed E-state index contributed by atoms with van der Waals surface area (Å²) in [6.07, 6.45) is 0.797. The SMILES string of the molecule is CC(C)(C)CC(C(=O)OCc1ccc(O)cc1)C(C)(C)C. The molecule has 21 heavy (non-hydrogen) atoms. The molecule has 3 heteroatoms. The Kier molecular flexibility index (Phi) is 5.43. The number of benzene rings is 1. The summed E-state index contributed by atoms with van der Waals surface area (Å²) in [6.45, 7) is 12.9. The summed E-state index contributed by atoms with van der Waals surface area (Å²) in [4.78, 5) is 12.4. The van der Waals surface area contributed by atoms with E-state index in [1.807, 2.05) is 0 Å². The van der Waals surface area contributed by atoms with Gasteiger partial charge in [-0.15, -0.1) is 0 Å². The van der Waals surface area contributed by atoms with Gasteiger partial charge in [-0.1, -0.05) is 53.7 Å². The fourth-order valence-electron chi connectivity index (χ4n) is 2.20. The summed E-state index contributed by atoms with van der Waals surface area (Å²) < 4.78 is 5.48. The predicted octanol–water partition coefficient (Wildman–Crippen LogP) is 4.53. The van der Waals surface area contributed by atoms with Crippen LogP contribution in [0.15, 0.2) is 24.3 Å². The van der Waals surface area contributed by atoms with Crippen LogP contribution in [0.25, 0.3) is 0 Å². The largest absolute Gasteiger partial charge is 0.508 e. The summed E-state index contributed by atoms with van der Waals surface area (Å²) in [5, 5.41) is 9.25. The Morgan fingerprint density at radius 2 is 1.62 bits per heavy atom. The highest BCUT2D eigenvalue weighted by atomic mass is 16.5. The molecule has 3 nitrogen and oxygen atoms in total. The first-order chi connectivity index (χ1) is 9.49. The second kappa shape index (κ2) is 6.50. The van der Waals surface area contributed by atoms with Crippen LogP contribution in [-0.2, 0) is 16.1 Å². The number of esters is 1. The van der Waals surface area contributed by atoms with Crippen molar-refractivity contribution in [1.29, 1.82) is 0 Å². The van der Waals surface area contributed by atoms with E-state index in [-0.39, 0.29) is 35.1 Å². The summed E-state index contributed by atoms with van der Waals surface area (Å²) in [5.74, 6) is -0.0644. The molecule has 0 fully saturated rings. The van der Waals surface area contributed by atoms with Crippen molar-refractivity contribution in [1.82, 2.24) is 0 Å². The fourth-order valence-corrected chi connectivity index (χ4v) is 2.20. The quantitative estimate of drug-likeness (QED) is 0.829. The van der Waals surface area contributed by atoms with Crippen LogP contribution < -0.4 is 0 Å². The molecule has 1 aromatic carbocycles. The molecule has 0 aliphatic heterocycles. The Balaban J connectivity index is 2.71. The lowest BCUT2D eigenvalue weighted by Gasteiger charge is -2.33. The van der Waals surface area contributed by atoms with Gasteiger partial charge in [-0.3, -0.25) is 4.79 Å². The molecule has 0 bridgehead atoms. The normalized spacial score (nSPS) is 13.8. The third kappa shape index (κ3) is 6.19. The zero-order chi connectivity index (χ0) is 16.3. The van der Waals surface area contributed by atoms with Gasteiger partial charge in [-0.25, -0.2) is 0 Å². The van der Waals surface area contributed by atoms with Crippen LogP contribution in [0.4, 0.5) is 0 Å². The van der Waals surface area contributed by atoms with Gasteiger partial charge >= 0.3 is 5.97 Å². The van der Waals surface area contributed by atoms with E-state index >= 15 is 0 Å². The number of hydrogen-bond donors (Lipinski definition) is 1. The third-order valence-corrected chi connectivity index (χ3v) is 3.46. The van der Waals surface area contributed by atoms with Gasteiger partial charge in [0.15, 0.2) is 0 Å². The van der Waals surface area contributed by atoms with Gasteiger partial charge in [0, 0.05) is 0 Å². The third-order valence-electron chi connectivity index (χ3n) is 3.46. The molecule has 0 aliphatic rings. The Labute approximate surface area is 128 Å². The topological polar surface area (TPSA) is 46.5 Å². The summed E-state index contributed by atoms with van der Waals surface area (Å²) in [5.41, 5.74) is 0.832. The van der Waals surface area contributed by atoms with E-state index in [1.54, 1.807) is 24.3 Å². The second-order valence-electron chi connectivity index (χ2n) is 7.96. The highest BCUT2D eigenvalue weighted by molar-refractivity contribution is 5.73. The lowest BCUT2D eigenvalue weighted by atomic mass is 9.72. The number of carbonyl (C=O) groups is 1. The van der Waals surface area contributed by atoms with E-state index in [0.717, 1.165) is 12.0 Å². The molecule has 0 spiro atoms. The molecule has 0 amide bonds. The van der Waals surface area contributed by atoms with Crippen LogP contribution in [0.1, 0.15) is 53.5 Å². The average molecular weight is 292 g/mol. The van der Waals surface area contributed by atoms with Crippen LogP contribution in [0.5, 0.6) is 5.75 Å². The maximum atomic E-state index is 12.4. The minimum Gasteiger partial charge on any atom is -0.508 e. The molecule has 1 unspecified atom stereocenters. The van der Waals surface area contributed by atoms with Crippen molar-refractivity contribution in [3.05, 3.63) is 29.8 Å². The summed E-state index contributed by atoms with van der Waals surface area (Å²) >= 11 is 0. The number of ether oxygens (including phenoxy) is 1. The predicted molar refractivity (Wildman–Crippen MR) is 84.9 cm³/mol. The number of aromatic hydroxyl groups is 1. The van der Waals surface area contributed by atoms with E-state index < -0.39 is 0 Å². The molecule has 1 atom stereocenters.